The maximum absolute atomic E-state index is 9.43. The van der Waals surface area contributed by atoms with Crippen molar-refractivity contribution >= 4 is 5.76 Å². The van der Waals surface area contributed by atoms with Gasteiger partial charge in [0, 0.05) is 5.56 Å². The molecule has 1 unspecified atom stereocenters. The molecule has 1 aromatic rings. The maximum atomic E-state index is 9.43. The number of benzene rings is 1. The Morgan fingerprint density at radius 2 is 1.96 bits per heavy atom. The summed E-state index contributed by atoms with van der Waals surface area (Å²) in [5.41, 5.74) is 2.24. The Bertz CT molecular complexity index is 576. The fourth-order valence-electron chi connectivity index (χ4n) is 2.91. The minimum absolute atomic E-state index is 0.268. The van der Waals surface area contributed by atoms with Gasteiger partial charge in [-0.2, -0.15) is 0 Å². The maximum Gasteiger partial charge on any atom is 0.133 e. The van der Waals surface area contributed by atoms with Crippen molar-refractivity contribution in [3.8, 4) is 5.75 Å². The van der Waals surface area contributed by atoms with Crippen LogP contribution in [0, 0.1) is 11.8 Å². The number of phenols is 1. The van der Waals surface area contributed by atoms with E-state index in [0.717, 1.165) is 36.0 Å². The third-order valence-corrected chi connectivity index (χ3v) is 4.14. The molecule has 2 rings (SSSR count). The fraction of sp³-hybridized carbons (Fsp3) is 0.429. The quantitative estimate of drug-likeness (QED) is 0.735. The summed E-state index contributed by atoms with van der Waals surface area (Å²) in [7, 11) is 0. The van der Waals surface area contributed by atoms with Crippen LogP contribution in [-0.2, 0) is 4.74 Å². The van der Waals surface area contributed by atoms with Crippen molar-refractivity contribution in [2.75, 3.05) is 0 Å². The Hall–Kier alpha value is -1.96. The van der Waals surface area contributed by atoms with Crippen molar-refractivity contribution in [1.82, 2.24) is 0 Å². The van der Waals surface area contributed by atoms with Gasteiger partial charge in [-0.1, -0.05) is 26.0 Å². The van der Waals surface area contributed by atoms with Crippen LogP contribution >= 0.6 is 0 Å². The normalized spacial score (nSPS) is 25.5. The first-order valence-corrected chi connectivity index (χ1v) is 8.53. The van der Waals surface area contributed by atoms with E-state index in [4.69, 9.17) is 4.74 Å². The molecule has 0 saturated heterocycles. The van der Waals surface area contributed by atoms with E-state index < -0.39 is 0 Å². The molecule has 2 heteroatoms. The molecule has 0 spiro atoms. The molecule has 0 saturated carbocycles. The number of hydrogen-bond donors (Lipinski definition) is 1. The second-order valence-electron chi connectivity index (χ2n) is 6.86. The van der Waals surface area contributed by atoms with Gasteiger partial charge < -0.3 is 9.84 Å². The van der Waals surface area contributed by atoms with E-state index in [-0.39, 0.29) is 5.75 Å². The van der Waals surface area contributed by atoms with Crippen LogP contribution in [-0.4, -0.2) is 5.11 Å². The average molecular weight is 312 g/mol. The molecule has 1 aliphatic rings. The zero-order valence-electron chi connectivity index (χ0n) is 14.5. The minimum Gasteiger partial charge on any atom is -0.508 e. The largest absolute Gasteiger partial charge is 0.508 e. The van der Waals surface area contributed by atoms with E-state index in [1.54, 1.807) is 12.1 Å². The van der Waals surface area contributed by atoms with Crippen molar-refractivity contribution in [3.05, 3.63) is 59.9 Å². The van der Waals surface area contributed by atoms with E-state index in [0.29, 0.717) is 0 Å². The van der Waals surface area contributed by atoms with Gasteiger partial charge in [-0.25, -0.2) is 0 Å². The second-order valence-corrected chi connectivity index (χ2v) is 6.86. The summed E-state index contributed by atoms with van der Waals surface area (Å²) in [4.78, 5) is 0. The van der Waals surface area contributed by atoms with Gasteiger partial charge in [0.25, 0.3) is 0 Å². The van der Waals surface area contributed by atoms with E-state index in [9.17, 15) is 5.11 Å². The number of phenolic OH excluding ortho intramolecular Hbond substituents is 1. The first-order valence-electron chi connectivity index (χ1n) is 8.53. The highest BCUT2D eigenvalue weighted by Gasteiger charge is 2.11. The molecule has 0 radical (unpaired) electrons. The molecule has 0 aromatic heterocycles. The molecule has 1 aromatic carbocycles. The summed E-state index contributed by atoms with van der Waals surface area (Å²) in [6.45, 7) is 6.72. The lowest BCUT2D eigenvalue weighted by Crippen LogP contribution is -2.04. The topological polar surface area (TPSA) is 29.5 Å². The summed E-state index contributed by atoms with van der Waals surface area (Å²) in [6.07, 6.45) is 12.9. The van der Waals surface area contributed by atoms with Gasteiger partial charge in [-0.3, -0.25) is 0 Å². The standard InChI is InChI=1S/C21H28O2/c1-16(2)14-18-6-4-5-7-21(23-15-17(3)8-9-18)19-10-12-20(22)13-11-19/h4-5,7,10-13,15-16,18,22H,6,8-9,14H2,1-3H3/b5-4+,17-15+,21-7-. The molecule has 2 nitrogen and oxygen atoms in total. The predicted molar refractivity (Wildman–Crippen MR) is 96.9 cm³/mol. The van der Waals surface area contributed by atoms with E-state index in [2.05, 4.69) is 32.9 Å². The van der Waals surface area contributed by atoms with Gasteiger partial charge in [0.15, 0.2) is 0 Å². The molecule has 124 valence electrons. The third-order valence-electron chi connectivity index (χ3n) is 4.14. The van der Waals surface area contributed by atoms with Crippen LogP contribution in [0.1, 0.15) is 52.0 Å². The Balaban J connectivity index is 2.19. The van der Waals surface area contributed by atoms with Crippen molar-refractivity contribution < 1.29 is 9.84 Å². The lowest BCUT2D eigenvalue weighted by atomic mass is 9.89. The van der Waals surface area contributed by atoms with Crippen molar-refractivity contribution in [2.24, 2.45) is 11.8 Å². The summed E-state index contributed by atoms with van der Waals surface area (Å²) in [5, 5.41) is 9.43. The number of rotatable bonds is 3. The third kappa shape index (κ3) is 5.97. The molecule has 1 heterocycles. The summed E-state index contributed by atoms with van der Waals surface area (Å²) >= 11 is 0. The van der Waals surface area contributed by atoms with Crippen LogP contribution in [0.5, 0.6) is 5.75 Å². The molecule has 1 N–H and O–H groups in total. The summed E-state index contributed by atoms with van der Waals surface area (Å²) in [5.74, 6) is 2.55. The highest BCUT2D eigenvalue weighted by molar-refractivity contribution is 5.62. The number of aromatic hydroxyl groups is 1. The fourth-order valence-corrected chi connectivity index (χ4v) is 2.91. The Morgan fingerprint density at radius 3 is 2.65 bits per heavy atom. The number of allylic oxidation sites excluding steroid dienone is 4. The van der Waals surface area contributed by atoms with Crippen LogP contribution in [0.4, 0.5) is 0 Å². The Labute approximate surface area is 140 Å². The lowest BCUT2D eigenvalue weighted by molar-refractivity contribution is 0.384. The second kappa shape index (κ2) is 8.61. The zero-order valence-corrected chi connectivity index (χ0v) is 14.5. The minimum atomic E-state index is 0.268. The van der Waals surface area contributed by atoms with Crippen LogP contribution in [0.25, 0.3) is 5.76 Å². The number of ether oxygens (including phenoxy) is 1. The van der Waals surface area contributed by atoms with Crippen LogP contribution in [0.15, 0.2) is 54.3 Å². The molecule has 0 fully saturated rings. The molecular weight excluding hydrogens is 284 g/mol. The highest BCUT2D eigenvalue weighted by atomic mass is 16.5. The Kier molecular flexibility index (Phi) is 6.52. The highest BCUT2D eigenvalue weighted by Crippen LogP contribution is 2.26. The zero-order chi connectivity index (χ0) is 16.7. The number of hydrogen-bond acceptors (Lipinski definition) is 2. The first kappa shape index (κ1) is 17.4. The SMILES string of the molecule is C/C1=C\O/C(c2ccc(O)cc2)=C\C=C\CC(CC(C)C)CC1. The average Bonchev–Trinajstić information content (AvgIpc) is 2.55. The van der Waals surface area contributed by atoms with Crippen molar-refractivity contribution in [1.29, 1.82) is 0 Å². The molecule has 0 aliphatic carbocycles. The first-order chi connectivity index (χ1) is 11.0. The summed E-state index contributed by atoms with van der Waals surface area (Å²) < 4.78 is 5.89. The van der Waals surface area contributed by atoms with Crippen molar-refractivity contribution in [3.63, 3.8) is 0 Å². The molecular formula is C21H28O2. The molecule has 0 bridgehead atoms. The Morgan fingerprint density at radius 1 is 1.22 bits per heavy atom. The summed E-state index contributed by atoms with van der Waals surface area (Å²) in [6, 6.07) is 7.12. The van der Waals surface area contributed by atoms with Gasteiger partial charge >= 0.3 is 0 Å². The van der Waals surface area contributed by atoms with Gasteiger partial charge in [-0.05, 0) is 80.4 Å². The lowest BCUT2D eigenvalue weighted by Gasteiger charge is -2.17. The predicted octanol–water partition coefficient (Wildman–Crippen LogP) is 6.06. The van der Waals surface area contributed by atoms with Crippen LogP contribution < -0.4 is 0 Å². The monoisotopic (exact) mass is 312 g/mol. The van der Waals surface area contributed by atoms with Gasteiger partial charge in [0.1, 0.15) is 11.5 Å². The molecule has 1 aliphatic heterocycles. The molecule has 1 atom stereocenters. The smallest absolute Gasteiger partial charge is 0.133 e. The van der Waals surface area contributed by atoms with Gasteiger partial charge in [0.05, 0.1) is 6.26 Å². The molecule has 0 amide bonds. The molecule has 23 heavy (non-hydrogen) atoms. The van der Waals surface area contributed by atoms with Crippen LogP contribution in [0.2, 0.25) is 0 Å². The van der Waals surface area contributed by atoms with Gasteiger partial charge in [-0.15, -0.1) is 0 Å². The van der Waals surface area contributed by atoms with E-state index in [1.807, 2.05) is 24.5 Å². The van der Waals surface area contributed by atoms with E-state index in [1.165, 1.54) is 18.4 Å². The van der Waals surface area contributed by atoms with Crippen molar-refractivity contribution in [2.45, 2.75) is 46.5 Å². The van der Waals surface area contributed by atoms with Gasteiger partial charge in [0.2, 0.25) is 0 Å². The van der Waals surface area contributed by atoms with Crippen LogP contribution in [0.3, 0.4) is 0 Å². The van der Waals surface area contributed by atoms with E-state index >= 15 is 0 Å².